The van der Waals surface area contributed by atoms with Gasteiger partial charge in [-0.15, -0.1) is 0 Å². The lowest BCUT2D eigenvalue weighted by molar-refractivity contribution is -0.188. The molecule has 0 bridgehead atoms. The summed E-state index contributed by atoms with van der Waals surface area (Å²) < 4.78 is 22.1. The number of aliphatic hydroxyl groups excluding tert-OH is 2. The van der Waals surface area contributed by atoms with E-state index in [-0.39, 0.29) is 41.9 Å². The van der Waals surface area contributed by atoms with Crippen LogP contribution in [-0.4, -0.2) is 70.8 Å². The number of hydrogen-bond donors (Lipinski definition) is 3. The molecule has 1 aliphatic heterocycles. The molecule has 1 rings (SSSR count). The van der Waals surface area contributed by atoms with Crippen LogP contribution in [-0.2, 0) is 33.3 Å². The lowest BCUT2D eigenvalue weighted by atomic mass is 9.81. The highest BCUT2D eigenvalue weighted by molar-refractivity contribution is 5.75. The number of cyclic esters (lactones) is 1. The number of carbonyl (C=O) groups excluding carboxylic acids is 4. The van der Waals surface area contributed by atoms with Crippen LogP contribution in [0.15, 0.2) is 48.6 Å². The second kappa shape index (κ2) is 20.2. The highest BCUT2D eigenvalue weighted by atomic mass is 16.6. The normalized spacial score (nSPS) is 25.9. The zero-order valence-corrected chi connectivity index (χ0v) is 30.3. The molecule has 0 spiro atoms. The zero-order valence-electron chi connectivity index (χ0n) is 30.3. The molecule has 1 fully saturated rings. The first-order chi connectivity index (χ1) is 22.3. The van der Waals surface area contributed by atoms with Crippen molar-refractivity contribution in [3.63, 3.8) is 0 Å². The summed E-state index contributed by atoms with van der Waals surface area (Å²) in [6.07, 6.45) is 6.06. The van der Waals surface area contributed by atoms with Crippen LogP contribution in [0.4, 0.5) is 4.79 Å². The third-order valence-electron chi connectivity index (χ3n) is 9.14. The Labute approximate surface area is 286 Å². The molecule has 13 atom stereocenters. The predicted octanol–water partition coefficient (Wildman–Crippen LogP) is 5.44. The van der Waals surface area contributed by atoms with Crippen LogP contribution in [0, 0.1) is 41.4 Å². The standard InChI is InChI=1S/C37H59NO10/c1-12-13-14-22(4)33(48-37(38)44)26(8)34(45-28(10)39)24(6)18-20(2)17-23(5)32(42)21(3)15-16-30(41)19-31-25(7)35(46-29(11)40)27(9)36(43)47-31/h12-17,21-27,30-35,41-42H,1,18-19H2,2-11H3,(H2,38,44)/b14-13-,16-15-,20-17-/t21-,22-,23-,24-,25-,26-,27+,30+,31-,32-,33-,34+,35-/m0/s1. The second-order valence-electron chi connectivity index (χ2n) is 13.6. The molecule has 0 aromatic heterocycles. The van der Waals surface area contributed by atoms with Gasteiger partial charge in [0.05, 0.1) is 18.1 Å². The van der Waals surface area contributed by atoms with E-state index < -0.39 is 66.5 Å². The van der Waals surface area contributed by atoms with Gasteiger partial charge in [-0.2, -0.15) is 0 Å². The van der Waals surface area contributed by atoms with Crippen molar-refractivity contribution in [3.8, 4) is 0 Å². The van der Waals surface area contributed by atoms with E-state index in [9.17, 15) is 29.4 Å². The first-order valence-corrected chi connectivity index (χ1v) is 16.8. The first-order valence-electron chi connectivity index (χ1n) is 16.8. The van der Waals surface area contributed by atoms with Gasteiger partial charge in [0.2, 0.25) is 0 Å². The predicted molar refractivity (Wildman–Crippen MR) is 183 cm³/mol. The number of amides is 1. The summed E-state index contributed by atoms with van der Waals surface area (Å²) in [6.45, 7) is 21.2. The minimum Gasteiger partial charge on any atom is -0.462 e. The van der Waals surface area contributed by atoms with Crippen molar-refractivity contribution in [3.05, 3.63) is 48.6 Å². The first kappa shape index (κ1) is 42.6. The molecule has 1 amide bonds. The van der Waals surface area contributed by atoms with Crippen molar-refractivity contribution < 1.29 is 48.3 Å². The average Bonchev–Trinajstić information content (AvgIpc) is 2.99. The largest absolute Gasteiger partial charge is 0.462 e. The summed E-state index contributed by atoms with van der Waals surface area (Å²) in [5.41, 5.74) is 6.36. The van der Waals surface area contributed by atoms with Crippen molar-refractivity contribution in [1.82, 2.24) is 0 Å². The number of nitrogens with two attached hydrogens (primary N) is 1. The van der Waals surface area contributed by atoms with Crippen LogP contribution >= 0.6 is 0 Å². The highest BCUT2D eigenvalue weighted by Gasteiger charge is 2.44. The summed E-state index contributed by atoms with van der Waals surface area (Å²) in [5.74, 6) is -3.64. The summed E-state index contributed by atoms with van der Waals surface area (Å²) in [7, 11) is 0. The minimum atomic E-state index is -0.947. The number of ether oxygens (including phenoxy) is 4. The van der Waals surface area contributed by atoms with Gasteiger partial charge >= 0.3 is 24.0 Å². The molecule has 0 radical (unpaired) electrons. The van der Waals surface area contributed by atoms with Crippen LogP contribution in [0.2, 0.25) is 0 Å². The maximum Gasteiger partial charge on any atom is 0.404 e. The van der Waals surface area contributed by atoms with Gasteiger partial charge < -0.3 is 34.9 Å². The number of rotatable bonds is 18. The Morgan fingerprint density at radius 3 is 2.08 bits per heavy atom. The lowest BCUT2D eigenvalue weighted by Crippen LogP contribution is -2.49. The minimum absolute atomic E-state index is 0.125. The molecule has 1 heterocycles. The van der Waals surface area contributed by atoms with Gasteiger partial charge in [0, 0.05) is 49.9 Å². The number of aliphatic hydroxyl groups is 2. The summed E-state index contributed by atoms with van der Waals surface area (Å²) in [4.78, 5) is 47.7. The molecule has 0 unspecified atom stereocenters. The smallest absolute Gasteiger partial charge is 0.404 e. The van der Waals surface area contributed by atoms with E-state index in [1.54, 1.807) is 31.2 Å². The van der Waals surface area contributed by atoms with E-state index in [1.807, 2.05) is 60.6 Å². The third-order valence-corrected chi connectivity index (χ3v) is 9.14. The Hall–Kier alpha value is -3.44. The van der Waals surface area contributed by atoms with E-state index in [4.69, 9.17) is 24.7 Å². The van der Waals surface area contributed by atoms with Crippen LogP contribution in [0.3, 0.4) is 0 Å². The molecule has 0 aromatic carbocycles. The number of hydrogen-bond acceptors (Lipinski definition) is 10. The SMILES string of the molecule is C=C/C=C\[C@H](C)[C@H](OC(N)=O)[C@H](C)[C@H](OC(C)=O)[C@@H](C)C/C(C)=C\[C@H](C)[C@@H](O)[C@@H](C)/C=C\[C@@H](O)C[C@@H]1OC(=O)[C@H](C)[C@@H](OC(C)=O)[C@H]1C. The Morgan fingerprint density at radius 1 is 0.917 bits per heavy atom. The zero-order chi connectivity index (χ0) is 36.9. The van der Waals surface area contributed by atoms with Gasteiger partial charge in [0.25, 0.3) is 0 Å². The average molecular weight is 678 g/mol. The summed E-state index contributed by atoms with van der Waals surface area (Å²) in [5, 5.41) is 21.8. The van der Waals surface area contributed by atoms with Gasteiger partial charge in [-0.3, -0.25) is 14.4 Å². The summed E-state index contributed by atoms with van der Waals surface area (Å²) >= 11 is 0. The molecule has 48 heavy (non-hydrogen) atoms. The number of carbonyl (C=O) groups is 4. The molecule has 0 aliphatic carbocycles. The Bertz CT molecular complexity index is 1180. The second-order valence-corrected chi connectivity index (χ2v) is 13.6. The molecule has 272 valence electrons. The highest BCUT2D eigenvalue weighted by Crippen LogP contribution is 2.33. The van der Waals surface area contributed by atoms with Crippen molar-refractivity contribution in [1.29, 1.82) is 0 Å². The lowest BCUT2D eigenvalue weighted by Gasteiger charge is -2.38. The van der Waals surface area contributed by atoms with Gasteiger partial charge in [-0.05, 0) is 26.2 Å². The van der Waals surface area contributed by atoms with Crippen LogP contribution in [0.5, 0.6) is 0 Å². The maximum atomic E-state index is 12.4. The van der Waals surface area contributed by atoms with Gasteiger partial charge in [0.15, 0.2) is 0 Å². The molecular weight excluding hydrogens is 618 g/mol. The number of primary amides is 1. The van der Waals surface area contributed by atoms with E-state index in [1.165, 1.54) is 13.8 Å². The Morgan fingerprint density at radius 2 is 1.54 bits per heavy atom. The van der Waals surface area contributed by atoms with Gasteiger partial charge in [-0.1, -0.05) is 90.2 Å². The van der Waals surface area contributed by atoms with Crippen LogP contribution in [0.25, 0.3) is 0 Å². The van der Waals surface area contributed by atoms with Crippen molar-refractivity contribution >= 4 is 24.0 Å². The molecule has 11 heteroatoms. The van der Waals surface area contributed by atoms with E-state index >= 15 is 0 Å². The fourth-order valence-corrected chi connectivity index (χ4v) is 6.59. The maximum absolute atomic E-state index is 12.4. The summed E-state index contributed by atoms with van der Waals surface area (Å²) in [6, 6.07) is 0. The molecule has 0 aromatic rings. The fourth-order valence-electron chi connectivity index (χ4n) is 6.59. The Balaban J connectivity index is 2.96. The fraction of sp³-hybridized carbons (Fsp3) is 0.676. The van der Waals surface area contributed by atoms with Crippen molar-refractivity contribution in [2.45, 2.75) is 119 Å². The van der Waals surface area contributed by atoms with Crippen LogP contribution in [0.1, 0.15) is 82.1 Å². The van der Waals surface area contributed by atoms with E-state index in [0.29, 0.717) is 6.42 Å². The molecule has 1 aliphatic rings. The van der Waals surface area contributed by atoms with Crippen LogP contribution < -0.4 is 5.73 Å². The molecule has 4 N–H and O–H groups in total. The molecule has 1 saturated heterocycles. The quantitative estimate of drug-likeness (QED) is 0.0734. The Kier molecular flexibility index (Phi) is 17.9. The van der Waals surface area contributed by atoms with Gasteiger partial charge in [0.1, 0.15) is 24.4 Å². The van der Waals surface area contributed by atoms with E-state index in [0.717, 1.165) is 5.57 Å². The molecule has 11 nitrogen and oxygen atoms in total. The van der Waals surface area contributed by atoms with Gasteiger partial charge in [-0.25, -0.2) is 4.79 Å². The molecular formula is C37H59NO10. The van der Waals surface area contributed by atoms with Crippen molar-refractivity contribution in [2.75, 3.05) is 0 Å². The van der Waals surface area contributed by atoms with E-state index in [2.05, 4.69) is 6.58 Å². The monoisotopic (exact) mass is 677 g/mol. The third kappa shape index (κ3) is 13.6. The molecule has 0 saturated carbocycles. The number of allylic oxidation sites excluding steroid dienone is 3. The van der Waals surface area contributed by atoms with Crippen molar-refractivity contribution in [2.24, 2.45) is 47.2 Å². The topological polar surface area (TPSA) is 172 Å². The number of esters is 3.